The van der Waals surface area contributed by atoms with Crippen LogP contribution in [0.15, 0.2) is 41.4 Å². The van der Waals surface area contributed by atoms with Gasteiger partial charge in [0, 0.05) is 23.3 Å². The molecule has 0 radical (unpaired) electrons. The lowest BCUT2D eigenvalue weighted by molar-refractivity contribution is -0.115. The Morgan fingerprint density at radius 1 is 1.24 bits per heavy atom. The van der Waals surface area contributed by atoms with Crippen molar-refractivity contribution in [1.29, 1.82) is 0 Å². The van der Waals surface area contributed by atoms with Gasteiger partial charge >= 0.3 is 0 Å². The number of anilines is 1. The number of aryl methyl sites for hydroxylation is 2. The van der Waals surface area contributed by atoms with Gasteiger partial charge in [0.15, 0.2) is 0 Å². The average Bonchev–Trinajstić information content (AvgIpc) is 2.45. The molecule has 0 saturated heterocycles. The summed E-state index contributed by atoms with van der Waals surface area (Å²) in [5.74, 6) is 1.23. The van der Waals surface area contributed by atoms with Crippen LogP contribution in [0.25, 0.3) is 0 Å². The number of benzene rings is 1. The molecule has 0 spiro atoms. The number of amides is 1. The number of halogens is 1. The summed E-state index contributed by atoms with van der Waals surface area (Å²) in [5.41, 5.74) is 2.56. The molecule has 1 N–H and O–H groups in total. The highest BCUT2D eigenvalue weighted by Crippen LogP contribution is 2.21. The number of carbonyl (C=O) groups excluding carboxylic acids is 1. The Morgan fingerprint density at radius 3 is 2.71 bits per heavy atom. The smallest absolute Gasteiger partial charge is 0.226 e. The number of thioether (sulfide) groups is 1. The summed E-state index contributed by atoms with van der Waals surface area (Å²) in [4.78, 5) is 17.0. The molecule has 110 valence electrons. The predicted octanol–water partition coefficient (Wildman–Crippen LogP) is 4.47. The SMILES string of the molecule is Cc1ccc(SCCC(=O)Nc2ccc(Cl)cn2)cc1C. The van der Waals surface area contributed by atoms with Crippen molar-refractivity contribution in [3.05, 3.63) is 52.7 Å². The highest BCUT2D eigenvalue weighted by molar-refractivity contribution is 7.99. The topological polar surface area (TPSA) is 42.0 Å². The van der Waals surface area contributed by atoms with Crippen molar-refractivity contribution in [1.82, 2.24) is 4.98 Å². The van der Waals surface area contributed by atoms with Gasteiger partial charge in [-0.2, -0.15) is 0 Å². The summed E-state index contributed by atoms with van der Waals surface area (Å²) >= 11 is 7.43. The van der Waals surface area contributed by atoms with E-state index in [9.17, 15) is 4.79 Å². The van der Waals surface area contributed by atoms with Crippen molar-refractivity contribution in [3.8, 4) is 0 Å². The Hall–Kier alpha value is -1.52. The van der Waals surface area contributed by atoms with Gasteiger partial charge in [-0.1, -0.05) is 17.7 Å². The van der Waals surface area contributed by atoms with E-state index in [-0.39, 0.29) is 5.91 Å². The summed E-state index contributed by atoms with van der Waals surface area (Å²) in [7, 11) is 0. The molecule has 0 aliphatic rings. The van der Waals surface area contributed by atoms with Crippen LogP contribution in [-0.4, -0.2) is 16.6 Å². The van der Waals surface area contributed by atoms with Gasteiger partial charge in [0.25, 0.3) is 0 Å². The van der Waals surface area contributed by atoms with Gasteiger partial charge in [0.1, 0.15) is 5.82 Å². The molecule has 0 aliphatic heterocycles. The summed E-state index contributed by atoms with van der Waals surface area (Å²) in [6.07, 6.45) is 1.96. The van der Waals surface area contributed by atoms with Gasteiger partial charge in [-0.05, 0) is 49.2 Å². The fraction of sp³-hybridized carbons (Fsp3) is 0.250. The molecule has 2 aromatic rings. The first-order valence-corrected chi connectivity index (χ1v) is 8.02. The second-order valence-corrected chi connectivity index (χ2v) is 6.36. The molecule has 0 bridgehead atoms. The normalized spacial score (nSPS) is 10.4. The quantitative estimate of drug-likeness (QED) is 0.826. The van der Waals surface area contributed by atoms with Crippen LogP contribution in [0.3, 0.4) is 0 Å². The van der Waals surface area contributed by atoms with E-state index < -0.39 is 0 Å². The van der Waals surface area contributed by atoms with Gasteiger partial charge < -0.3 is 5.32 Å². The van der Waals surface area contributed by atoms with Crippen molar-refractivity contribution in [3.63, 3.8) is 0 Å². The Balaban J connectivity index is 1.78. The van der Waals surface area contributed by atoms with E-state index in [2.05, 4.69) is 42.3 Å². The molecule has 1 amide bonds. The zero-order valence-corrected chi connectivity index (χ0v) is 13.6. The van der Waals surface area contributed by atoms with Gasteiger partial charge in [0.2, 0.25) is 5.91 Å². The van der Waals surface area contributed by atoms with E-state index in [0.717, 1.165) is 5.75 Å². The Kier molecular flexibility index (Phi) is 5.65. The van der Waals surface area contributed by atoms with Crippen molar-refractivity contribution in [2.75, 3.05) is 11.1 Å². The van der Waals surface area contributed by atoms with Crippen LogP contribution in [-0.2, 0) is 4.79 Å². The average molecular weight is 321 g/mol. The van der Waals surface area contributed by atoms with Crippen LogP contribution in [0, 0.1) is 13.8 Å². The van der Waals surface area contributed by atoms with E-state index in [1.54, 1.807) is 23.9 Å². The molecule has 21 heavy (non-hydrogen) atoms. The Bertz CT molecular complexity index is 629. The van der Waals surface area contributed by atoms with Crippen LogP contribution in [0.2, 0.25) is 5.02 Å². The molecule has 0 unspecified atom stereocenters. The van der Waals surface area contributed by atoms with Crippen LogP contribution in [0.1, 0.15) is 17.5 Å². The first kappa shape index (κ1) is 15.9. The maximum absolute atomic E-state index is 11.8. The van der Waals surface area contributed by atoms with Crippen molar-refractivity contribution < 1.29 is 4.79 Å². The number of carbonyl (C=O) groups is 1. The van der Waals surface area contributed by atoms with Crippen LogP contribution >= 0.6 is 23.4 Å². The zero-order valence-electron chi connectivity index (χ0n) is 12.0. The molecule has 0 atom stereocenters. The van der Waals surface area contributed by atoms with Gasteiger partial charge in [-0.25, -0.2) is 4.98 Å². The summed E-state index contributed by atoms with van der Waals surface area (Å²) in [6.45, 7) is 4.19. The predicted molar refractivity (Wildman–Crippen MR) is 89.1 cm³/mol. The molecule has 1 aromatic heterocycles. The minimum Gasteiger partial charge on any atom is -0.311 e. The largest absolute Gasteiger partial charge is 0.311 e. The number of hydrogen-bond donors (Lipinski definition) is 1. The highest BCUT2D eigenvalue weighted by atomic mass is 35.5. The Labute approximate surface area is 134 Å². The minimum atomic E-state index is -0.0406. The number of rotatable bonds is 5. The molecule has 0 saturated carbocycles. The third-order valence-electron chi connectivity index (χ3n) is 3.07. The second-order valence-electron chi connectivity index (χ2n) is 4.75. The van der Waals surface area contributed by atoms with Crippen LogP contribution in [0.4, 0.5) is 5.82 Å². The zero-order chi connectivity index (χ0) is 15.2. The van der Waals surface area contributed by atoms with E-state index in [0.29, 0.717) is 17.3 Å². The number of nitrogens with zero attached hydrogens (tertiary/aromatic N) is 1. The number of hydrogen-bond acceptors (Lipinski definition) is 3. The number of pyridine rings is 1. The molecular weight excluding hydrogens is 304 g/mol. The summed E-state index contributed by atoms with van der Waals surface area (Å²) in [6, 6.07) is 9.74. The lowest BCUT2D eigenvalue weighted by Crippen LogP contribution is -2.13. The lowest BCUT2D eigenvalue weighted by atomic mass is 10.1. The van der Waals surface area contributed by atoms with E-state index in [1.165, 1.54) is 22.2 Å². The monoisotopic (exact) mass is 320 g/mol. The lowest BCUT2D eigenvalue weighted by Gasteiger charge is -2.06. The highest BCUT2D eigenvalue weighted by Gasteiger charge is 2.04. The first-order chi connectivity index (χ1) is 10.0. The maximum atomic E-state index is 11.8. The fourth-order valence-electron chi connectivity index (χ4n) is 1.72. The van der Waals surface area contributed by atoms with E-state index in [4.69, 9.17) is 11.6 Å². The van der Waals surface area contributed by atoms with Crippen molar-refractivity contribution in [2.24, 2.45) is 0 Å². The molecule has 0 fully saturated rings. The van der Waals surface area contributed by atoms with Crippen molar-refractivity contribution >= 4 is 35.1 Å². The maximum Gasteiger partial charge on any atom is 0.226 e. The third-order valence-corrected chi connectivity index (χ3v) is 4.29. The molecule has 0 aliphatic carbocycles. The molecule has 1 heterocycles. The van der Waals surface area contributed by atoms with Gasteiger partial charge in [0.05, 0.1) is 5.02 Å². The standard InChI is InChI=1S/C16H17ClN2OS/c1-11-3-5-14(9-12(11)2)21-8-7-16(20)19-15-6-4-13(17)10-18-15/h3-6,9-10H,7-8H2,1-2H3,(H,18,19,20). The molecule has 3 nitrogen and oxygen atoms in total. The van der Waals surface area contributed by atoms with Crippen LogP contribution in [0.5, 0.6) is 0 Å². The molecule has 2 rings (SSSR count). The fourth-order valence-corrected chi connectivity index (χ4v) is 2.78. The van der Waals surface area contributed by atoms with Crippen molar-refractivity contribution in [2.45, 2.75) is 25.2 Å². The molecule has 1 aromatic carbocycles. The number of aromatic nitrogens is 1. The molecule has 5 heteroatoms. The summed E-state index contributed by atoms with van der Waals surface area (Å²) < 4.78 is 0. The van der Waals surface area contributed by atoms with E-state index in [1.807, 2.05) is 0 Å². The number of nitrogens with one attached hydrogen (secondary N) is 1. The van der Waals surface area contributed by atoms with Gasteiger partial charge in [-0.15, -0.1) is 11.8 Å². The van der Waals surface area contributed by atoms with Crippen LogP contribution < -0.4 is 5.32 Å². The first-order valence-electron chi connectivity index (χ1n) is 6.66. The second kappa shape index (κ2) is 7.48. The minimum absolute atomic E-state index is 0.0406. The Morgan fingerprint density at radius 2 is 2.05 bits per heavy atom. The molecular formula is C16H17ClN2OS. The van der Waals surface area contributed by atoms with E-state index >= 15 is 0 Å². The summed E-state index contributed by atoms with van der Waals surface area (Å²) in [5, 5.41) is 3.31. The van der Waals surface area contributed by atoms with Gasteiger partial charge in [-0.3, -0.25) is 4.79 Å². The third kappa shape index (κ3) is 5.06.